The molecule has 10 aromatic carbocycles. The Kier molecular flexibility index (Phi) is 7.53. The molecule has 0 aliphatic rings. The van der Waals surface area contributed by atoms with Gasteiger partial charge in [-0.1, -0.05) is 170 Å². The van der Waals surface area contributed by atoms with Gasteiger partial charge in [-0.25, -0.2) is 0 Å². The summed E-state index contributed by atoms with van der Waals surface area (Å²) in [6.07, 6.45) is 0. The first-order valence-corrected chi connectivity index (χ1v) is 19.2. The molecule has 1 aromatic heterocycles. The van der Waals surface area contributed by atoms with Gasteiger partial charge in [-0.2, -0.15) is 0 Å². The average molecular weight is 714 g/mol. The van der Waals surface area contributed by atoms with Crippen molar-refractivity contribution in [2.24, 2.45) is 0 Å². The number of para-hydroxylation sites is 2. The Morgan fingerprint density at radius 1 is 0.286 bits per heavy atom. The second-order valence-electron chi connectivity index (χ2n) is 14.5. The van der Waals surface area contributed by atoms with Crippen molar-refractivity contribution >= 4 is 71.3 Å². The van der Waals surface area contributed by atoms with Gasteiger partial charge >= 0.3 is 0 Å². The predicted octanol–water partition coefficient (Wildman–Crippen LogP) is 15.5. The molecule has 0 fully saturated rings. The van der Waals surface area contributed by atoms with Crippen molar-refractivity contribution in [1.29, 1.82) is 0 Å². The molecule has 0 atom stereocenters. The molecule has 2 nitrogen and oxygen atoms in total. The minimum atomic E-state index is 0.907. The number of benzene rings is 10. The summed E-state index contributed by atoms with van der Waals surface area (Å²) in [6, 6.07) is 76.5. The fourth-order valence-corrected chi connectivity index (χ4v) is 8.58. The fourth-order valence-electron chi connectivity index (χ4n) is 8.58. The molecule has 0 saturated heterocycles. The van der Waals surface area contributed by atoms with Crippen molar-refractivity contribution in [1.82, 2.24) is 0 Å². The van der Waals surface area contributed by atoms with E-state index in [9.17, 15) is 0 Å². The number of fused-ring (bicyclic) bond motifs is 7. The summed E-state index contributed by atoms with van der Waals surface area (Å²) < 4.78 is 6.43. The Morgan fingerprint density at radius 3 is 1.59 bits per heavy atom. The maximum atomic E-state index is 6.43. The lowest BCUT2D eigenvalue weighted by Gasteiger charge is -2.26. The Bertz CT molecular complexity index is 3240. The van der Waals surface area contributed by atoms with Gasteiger partial charge in [0, 0.05) is 33.4 Å². The lowest BCUT2D eigenvalue weighted by molar-refractivity contribution is 0.670. The third-order valence-corrected chi connectivity index (χ3v) is 11.3. The predicted molar refractivity (Wildman–Crippen MR) is 237 cm³/mol. The van der Waals surface area contributed by atoms with E-state index in [2.05, 4.69) is 205 Å². The number of rotatable bonds is 6. The summed E-state index contributed by atoms with van der Waals surface area (Å²) in [7, 11) is 0. The number of anilines is 3. The minimum absolute atomic E-state index is 0.907. The maximum Gasteiger partial charge on any atom is 0.143 e. The molecular weight excluding hydrogens is 679 g/mol. The molecule has 11 rings (SSSR count). The van der Waals surface area contributed by atoms with Gasteiger partial charge in [0.15, 0.2) is 0 Å². The molecule has 2 heteroatoms. The number of hydrogen-bond donors (Lipinski definition) is 0. The fraction of sp³-hybridized carbons (Fsp3) is 0. The van der Waals surface area contributed by atoms with Crippen LogP contribution in [0.3, 0.4) is 0 Å². The molecule has 0 saturated carbocycles. The molecule has 0 N–H and O–H groups in total. The van der Waals surface area contributed by atoms with Crippen LogP contribution in [0.15, 0.2) is 217 Å². The van der Waals surface area contributed by atoms with Crippen LogP contribution < -0.4 is 4.90 Å². The van der Waals surface area contributed by atoms with E-state index < -0.39 is 0 Å². The van der Waals surface area contributed by atoms with Crippen LogP contribution in [0.4, 0.5) is 17.1 Å². The highest BCUT2D eigenvalue weighted by Crippen LogP contribution is 2.42. The number of furan rings is 1. The van der Waals surface area contributed by atoms with E-state index in [1.54, 1.807) is 0 Å². The summed E-state index contributed by atoms with van der Waals surface area (Å²) in [5.74, 6) is 0. The molecule has 0 spiro atoms. The van der Waals surface area contributed by atoms with Crippen LogP contribution in [0.1, 0.15) is 0 Å². The van der Waals surface area contributed by atoms with E-state index in [-0.39, 0.29) is 0 Å². The highest BCUT2D eigenvalue weighted by molar-refractivity contribution is 6.12. The molecule has 0 aliphatic heterocycles. The summed E-state index contributed by atoms with van der Waals surface area (Å²) in [5, 5.41) is 9.82. The van der Waals surface area contributed by atoms with E-state index in [4.69, 9.17) is 4.42 Å². The first-order chi connectivity index (χ1) is 27.8. The highest BCUT2D eigenvalue weighted by atomic mass is 16.3. The van der Waals surface area contributed by atoms with Gasteiger partial charge < -0.3 is 9.32 Å². The van der Waals surface area contributed by atoms with Gasteiger partial charge in [0.25, 0.3) is 0 Å². The second-order valence-corrected chi connectivity index (χ2v) is 14.5. The van der Waals surface area contributed by atoms with Gasteiger partial charge in [0.05, 0.1) is 0 Å². The van der Waals surface area contributed by atoms with Crippen molar-refractivity contribution < 1.29 is 4.42 Å². The van der Waals surface area contributed by atoms with Crippen LogP contribution in [0.2, 0.25) is 0 Å². The van der Waals surface area contributed by atoms with Gasteiger partial charge in [-0.05, 0) is 103 Å². The summed E-state index contributed by atoms with van der Waals surface area (Å²) in [4.78, 5) is 2.36. The standard InChI is InChI=1S/C54H35NO/c1-3-16-44-36(11-1)13-8-19-47(44)40-14-7-15-43(35-40)55(42-32-27-39(28-33-42)48-21-10-23-52-51-18-5-6-24-53(51)56-54(48)52)41-30-25-38(26-31-41)46-20-9-22-49-45-17-4-2-12-37(45)29-34-50(46)49/h1-35H. The van der Waals surface area contributed by atoms with Crippen molar-refractivity contribution in [3.8, 4) is 33.4 Å². The largest absolute Gasteiger partial charge is 0.455 e. The quantitative estimate of drug-likeness (QED) is 0.160. The summed E-state index contributed by atoms with van der Waals surface area (Å²) >= 11 is 0. The normalized spacial score (nSPS) is 11.6. The van der Waals surface area contributed by atoms with Crippen molar-refractivity contribution in [3.63, 3.8) is 0 Å². The SMILES string of the molecule is c1cc(-c2cccc3ccccc23)cc(N(c2ccc(-c3cccc4c3ccc3ccccc34)cc2)c2ccc(-c3cccc4c3oc3ccccc34)cc2)c1. The Balaban J connectivity index is 1.03. The zero-order valence-electron chi connectivity index (χ0n) is 30.6. The third-order valence-electron chi connectivity index (χ3n) is 11.3. The molecule has 11 aromatic rings. The first-order valence-electron chi connectivity index (χ1n) is 19.2. The van der Waals surface area contributed by atoms with E-state index in [0.29, 0.717) is 0 Å². The lowest BCUT2D eigenvalue weighted by atomic mass is 9.94. The molecule has 0 amide bonds. The minimum Gasteiger partial charge on any atom is -0.455 e. The van der Waals surface area contributed by atoms with Crippen molar-refractivity contribution in [2.45, 2.75) is 0 Å². The molecule has 0 unspecified atom stereocenters. The molecule has 262 valence electrons. The van der Waals surface area contributed by atoms with E-state index >= 15 is 0 Å². The molecule has 1 heterocycles. The van der Waals surface area contributed by atoms with Gasteiger partial charge in [0.1, 0.15) is 11.2 Å². The van der Waals surface area contributed by atoms with Crippen molar-refractivity contribution in [3.05, 3.63) is 212 Å². The maximum absolute atomic E-state index is 6.43. The van der Waals surface area contributed by atoms with Crippen LogP contribution in [0, 0.1) is 0 Å². The Morgan fingerprint density at radius 2 is 0.821 bits per heavy atom. The van der Waals surface area contributed by atoms with Crippen LogP contribution in [0.25, 0.3) is 87.6 Å². The van der Waals surface area contributed by atoms with Crippen LogP contribution in [-0.2, 0) is 0 Å². The topological polar surface area (TPSA) is 16.4 Å². The van der Waals surface area contributed by atoms with Gasteiger partial charge in [-0.15, -0.1) is 0 Å². The highest BCUT2D eigenvalue weighted by Gasteiger charge is 2.17. The monoisotopic (exact) mass is 713 g/mol. The lowest BCUT2D eigenvalue weighted by Crippen LogP contribution is -2.10. The van der Waals surface area contributed by atoms with Crippen LogP contribution in [-0.4, -0.2) is 0 Å². The molecule has 0 bridgehead atoms. The summed E-state index contributed by atoms with van der Waals surface area (Å²) in [6.45, 7) is 0. The average Bonchev–Trinajstić information content (AvgIpc) is 3.66. The first kappa shape index (κ1) is 32.0. The van der Waals surface area contributed by atoms with E-state index in [0.717, 1.165) is 50.1 Å². The van der Waals surface area contributed by atoms with Gasteiger partial charge in [0.2, 0.25) is 0 Å². The molecule has 0 aliphatic carbocycles. The second kappa shape index (κ2) is 13.2. The number of hydrogen-bond acceptors (Lipinski definition) is 2. The van der Waals surface area contributed by atoms with Crippen molar-refractivity contribution in [2.75, 3.05) is 4.90 Å². The smallest absolute Gasteiger partial charge is 0.143 e. The number of nitrogens with zero attached hydrogens (tertiary/aromatic N) is 1. The van der Waals surface area contributed by atoms with Crippen LogP contribution >= 0.6 is 0 Å². The Labute approximate surface area is 325 Å². The third kappa shape index (κ3) is 5.34. The van der Waals surface area contributed by atoms with Gasteiger partial charge in [-0.3, -0.25) is 0 Å². The molecule has 0 radical (unpaired) electrons. The van der Waals surface area contributed by atoms with E-state index in [1.807, 2.05) is 12.1 Å². The Hall–Kier alpha value is -7.42. The zero-order chi connectivity index (χ0) is 37.0. The summed E-state index contributed by atoms with van der Waals surface area (Å²) in [5.41, 5.74) is 12.1. The van der Waals surface area contributed by atoms with E-state index in [1.165, 1.54) is 54.6 Å². The van der Waals surface area contributed by atoms with Crippen LogP contribution in [0.5, 0.6) is 0 Å². The molecule has 56 heavy (non-hydrogen) atoms. The molecular formula is C54H35NO. The zero-order valence-corrected chi connectivity index (χ0v) is 30.6.